The molecule has 0 unspecified atom stereocenters. The van der Waals surface area contributed by atoms with E-state index in [4.69, 9.17) is 9.47 Å². The van der Waals surface area contributed by atoms with Crippen LogP contribution in [0.15, 0.2) is 36.5 Å². The molecule has 1 aromatic heterocycles. The number of aryl methyl sites for hydroxylation is 1. The van der Waals surface area contributed by atoms with Crippen LogP contribution in [0.3, 0.4) is 0 Å². The second-order valence-electron chi connectivity index (χ2n) is 4.80. The second-order valence-corrected chi connectivity index (χ2v) is 4.80. The van der Waals surface area contributed by atoms with Gasteiger partial charge in [0.25, 0.3) is 0 Å². The van der Waals surface area contributed by atoms with Crippen LogP contribution in [0, 0.1) is 0 Å². The summed E-state index contributed by atoms with van der Waals surface area (Å²) >= 11 is 0. The minimum absolute atomic E-state index is 0.151. The van der Waals surface area contributed by atoms with Crippen LogP contribution in [-0.4, -0.2) is 22.5 Å². The molecule has 1 aliphatic rings. The molecular weight excluding hydrogens is 282 g/mol. The Labute approximate surface area is 128 Å². The molecule has 0 spiro atoms. The van der Waals surface area contributed by atoms with Crippen molar-refractivity contribution in [3.8, 4) is 11.5 Å². The highest BCUT2D eigenvalue weighted by Gasteiger charge is 2.12. The van der Waals surface area contributed by atoms with Gasteiger partial charge in [-0.25, -0.2) is 0 Å². The Morgan fingerprint density at radius 1 is 1.36 bits per heavy atom. The lowest BCUT2D eigenvalue weighted by atomic mass is 10.2. The number of nitrogens with zero attached hydrogens (tertiary/aromatic N) is 2. The Balaban J connectivity index is 1.57. The summed E-state index contributed by atoms with van der Waals surface area (Å²) in [5.74, 6) is 1.28. The Bertz CT molecular complexity index is 706. The van der Waals surface area contributed by atoms with E-state index < -0.39 is 0 Å². The van der Waals surface area contributed by atoms with E-state index in [9.17, 15) is 4.79 Å². The van der Waals surface area contributed by atoms with E-state index >= 15 is 0 Å². The van der Waals surface area contributed by atoms with Crippen molar-refractivity contribution in [3.05, 3.63) is 47.8 Å². The van der Waals surface area contributed by atoms with Crippen molar-refractivity contribution in [3.63, 3.8) is 0 Å². The minimum atomic E-state index is -0.151. The molecule has 0 saturated heterocycles. The molecule has 0 fully saturated rings. The number of carbonyl (C=O) groups excluding carboxylic acids is 1. The molecule has 1 aliphatic heterocycles. The lowest BCUT2D eigenvalue weighted by molar-refractivity contribution is -0.116. The van der Waals surface area contributed by atoms with E-state index in [1.807, 2.05) is 35.9 Å². The molecule has 2 heterocycles. The van der Waals surface area contributed by atoms with Crippen molar-refractivity contribution in [2.45, 2.75) is 20.0 Å². The van der Waals surface area contributed by atoms with Gasteiger partial charge in [-0.1, -0.05) is 6.07 Å². The molecule has 6 heteroatoms. The standard InChI is InChI=1S/C16H17N3O3/c1-2-19-13(7-8-18-19)10-17-16(20)6-4-12-3-5-14-15(9-12)22-11-21-14/h3-9H,2,10-11H2,1H3,(H,17,20). The van der Waals surface area contributed by atoms with E-state index in [0.29, 0.717) is 12.3 Å². The van der Waals surface area contributed by atoms with Gasteiger partial charge in [-0.15, -0.1) is 0 Å². The summed E-state index contributed by atoms with van der Waals surface area (Å²) < 4.78 is 12.4. The summed E-state index contributed by atoms with van der Waals surface area (Å²) in [6, 6.07) is 7.45. The average molecular weight is 299 g/mol. The molecule has 6 nitrogen and oxygen atoms in total. The predicted molar refractivity (Wildman–Crippen MR) is 81.3 cm³/mol. The highest BCUT2D eigenvalue weighted by atomic mass is 16.7. The molecule has 1 aromatic carbocycles. The van der Waals surface area contributed by atoms with Gasteiger partial charge < -0.3 is 14.8 Å². The van der Waals surface area contributed by atoms with Crippen LogP contribution in [0.5, 0.6) is 11.5 Å². The molecule has 1 amide bonds. The molecule has 1 N–H and O–H groups in total. The molecule has 2 aromatic rings. The fourth-order valence-electron chi connectivity index (χ4n) is 2.22. The number of aromatic nitrogens is 2. The van der Waals surface area contributed by atoms with Crippen molar-refractivity contribution in [1.82, 2.24) is 15.1 Å². The molecular formula is C16H17N3O3. The van der Waals surface area contributed by atoms with Gasteiger partial charge in [-0.05, 0) is 36.8 Å². The lowest BCUT2D eigenvalue weighted by Gasteiger charge is -2.05. The van der Waals surface area contributed by atoms with E-state index in [0.717, 1.165) is 23.6 Å². The third kappa shape index (κ3) is 3.11. The average Bonchev–Trinajstić information content (AvgIpc) is 3.18. The summed E-state index contributed by atoms with van der Waals surface area (Å²) in [7, 11) is 0. The van der Waals surface area contributed by atoms with E-state index in [2.05, 4.69) is 10.4 Å². The number of amides is 1. The van der Waals surface area contributed by atoms with Gasteiger partial charge in [0, 0.05) is 18.8 Å². The maximum absolute atomic E-state index is 11.9. The number of hydrogen-bond acceptors (Lipinski definition) is 4. The molecule has 0 atom stereocenters. The Morgan fingerprint density at radius 2 is 2.23 bits per heavy atom. The first-order valence-electron chi connectivity index (χ1n) is 7.12. The third-order valence-corrected chi connectivity index (χ3v) is 3.37. The van der Waals surface area contributed by atoms with Crippen molar-refractivity contribution in [2.75, 3.05) is 6.79 Å². The van der Waals surface area contributed by atoms with Gasteiger partial charge in [0.15, 0.2) is 11.5 Å². The number of benzene rings is 1. The zero-order valence-corrected chi connectivity index (χ0v) is 12.3. The first-order valence-corrected chi connectivity index (χ1v) is 7.12. The Kier molecular flexibility index (Phi) is 4.09. The van der Waals surface area contributed by atoms with Gasteiger partial charge in [0.05, 0.1) is 12.2 Å². The number of carbonyl (C=O) groups is 1. The zero-order valence-electron chi connectivity index (χ0n) is 12.3. The lowest BCUT2D eigenvalue weighted by Crippen LogP contribution is -2.22. The molecule has 0 aliphatic carbocycles. The quantitative estimate of drug-likeness (QED) is 0.857. The van der Waals surface area contributed by atoms with Crippen LogP contribution in [0.1, 0.15) is 18.2 Å². The Morgan fingerprint density at radius 3 is 3.09 bits per heavy atom. The fourth-order valence-corrected chi connectivity index (χ4v) is 2.22. The summed E-state index contributed by atoms with van der Waals surface area (Å²) in [5.41, 5.74) is 1.87. The highest BCUT2D eigenvalue weighted by Crippen LogP contribution is 2.32. The summed E-state index contributed by atoms with van der Waals surface area (Å²) in [5, 5.41) is 7.00. The molecule has 114 valence electrons. The fraction of sp³-hybridized carbons (Fsp3) is 0.250. The monoisotopic (exact) mass is 299 g/mol. The van der Waals surface area contributed by atoms with Crippen molar-refractivity contribution >= 4 is 12.0 Å². The zero-order chi connectivity index (χ0) is 15.4. The highest BCUT2D eigenvalue weighted by molar-refractivity contribution is 5.91. The van der Waals surface area contributed by atoms with Crippen LogP contribution in [-0.2, 0) is 17.9 Å². The van der Waals surface area contributed by atoms with Gasteiger partial charge in [-0.2, -0.15) is 5.10 Å². The first-order chi connectivity index (χ1) is 10.8. The van der Waals surface area contributed by atoms with Crippen molar-refractivity contribution in [2.24, 2.45) is 0 Å². The van der Waals surface area contributed by atoms with Gasteiger partial charge in [0.2, 0.25) is 12.7 Å². The van der Waals surface area contributed by atoms with Crippen LogP contribution in [0.25, 0.3) is 6.08 Å². The first kappa shape index (κ1) is 14.2. The molecule has 22 heavy (non-hydrogen) atoms. The van der Waals surface area contributed by atoms with Crippen LogP contribution < -0.4 is 14.8 Å². The molecule has 3 rings (SSSR count). The normalized spacial score (nSPS) is 12.8. The van der Waals surface area contributed by atoms with Gasteiger partial charge >= 0.3 is 0 Å². The minimum Gasteiger partial charge on any atom is -0.454 e. The predicted octanol–water partition coefficient (Wildman–Crippen LogP) is 1.96. The second kappa shape index (κ2) is 6.34. The number of fused-ring (bicyclic) bond motifs is 1. The van der Waals surface area contributed by atoms with Crippen LogP contribution in [0.2, 0.25) is 0 Å². The van der Waals surface area contributed by atoms with Crippen LogP contribution >= 0.6 is 0 Å². The van der Waals surface area contributed by atoms with Crippen molar-refractivity contribution in [1.29, 1.82) is 0 Å². The number of rotatable bonds is 5. The largest absolute Gasteiger partial charge is 0.454 e. The molecule has 0 bridgehead atoms. The van der Waals surface area contributed by atoms with Gasteiger partial charge in [-0.3, -0.25) is 9.48 Å². The number of hydrogen-bond donors (Lipinski definition) is 1. The number of nitrogens with one attached hydrogen (secondary N) is 1. The van der Waals surface area contributed by atoms with Crippen LogP contribution in [0.4, 0.5) is 0 Å². The summed E-state index contributed by atoms with van der Waals surface area (Å²) in [6.07, 6.45) is 4.98. The topological polar surface area (TPSA) is 65.4 Å². The number of ether oxygens (including phenoxy) is 2. The summed E-state index contributed by atoms with van der Waals surface area (Å²) in [4.78, 5) is 11.9. The van der Waals surface area contributed by atoms with E-state index in [-0.39, 0.29) is 12.7 Å². The van der Waals surface area contributed by atoms with Gasteiger partial charge in [0.1, 0.15) is 0 Å². The maximum atomic E-state index is 11.9. The molecule has 0 saturated carbocycles. The van der Waals surface area contributed by atoms with E-state index in [1.54, 1.807) is 12.3 Å². The van der Waals surface area contributed by atoms with Crippen molar-refractivity contribution < 1.29 is 14.3 Å². The maximum Gasteiger partial charge on any atom is 0.244 e. The molecule has 0 radical (unpaired) electrons. The SMILES string of the molecule is CCn1nccc1CNC(=O)C=Cc1ccc2c(c1)OCO2. The Hall–Kier alpha value is -2.76. The van der Waals surface area contributed by atoms with E-state index in [1.165, 1.54) is 6.08 Å². The smallest absolute Gasteiger partial charge is 0.244 e. The third-order valence-electron chi connectivity index (χ3n) is 3.37. The summed E-state index contributed by atoms with van der Waals surface area (Å²) in [6.45, 7) is 3.50.